The second-order valence-electron chi connectivity index (χ2n) is 2.67. The van der Waals surface area contributed by atoms with Crippen LogP contribution in [0.2, 0.25) is 0 Å². The van der Waals surface area contributed by atoms with Gasteiger partial charge in [-0.05, 0) is 46.9 Å². The first-order chi connectivity index (χ1) is 7.29. The van der Waals surface area contributed by atoms with E-state index in [0.717, 1.165) is 12.1 Å². The topological polar surface area (TPSA) is 43.4 Å². The summed E-state index contributed by atoms with van der Waals surface area (Å²) < 4.78 is 63.6. The number of ether oxygens (including phenoxy) is 1. The summed E-state index contributed by atoms with van der Waals surface area (Å²) in [6.45, 7) is 0. The molecule has 0 aliphatic rings. The SMILES string of the molecule is O=S(=O)(c1ccc(OCI)cc1)C(F)(F)F. The molecule has 0 heterocycles. The van der Waals surface area contributed by atoms with Crippen molar-refractivity contribution in [1.29, 1.82) is 0 Å². The molecule has 0 saturated carbocycles. The predicted molar refractivity (Wildman–Crippen MR) is 59.2 cm³/mol. The molecule has 0 unspecified atom stereocenters. The molecular formula is C8H6F3IO3S. The van der Waals surface area contributed by atoms with Crippen LogP contribution in [-0.4, -0.2) is 18.5 Å². The molecule has 3 nitrogen and oxygen atoms in total. The summed E-state index contributed by atoms with van der Waals surface area (Å²) in [5.41, 5.74) is -5.28. The summed E-state index contributed by atoms with van der Waals surface area (Å²) in [6.07, 6.45) is 0. The molecule has 0 bridgehead atoms. The van der Waals surface area contributed by atoms with E-state index in [2.05, 4.69) is 0 Å². The monoisotopic (exact) mass is 366 g/mol. The van der Waals surface area contributed by atoms with E-state index in [1.807, 2.05) is 22.6 Å². The zero-order valence-corrected chi connectivity index (χ0v) is 10.6. The Balaban J connectivity index is 3.08. The molecule has 16 heavy (non-hydrogen) atoms. The fourth-order valence-electron chi connectivity index (χ4n) is 0.912. The summed E-state index contributed by atoms with van der Waals surface area (Å²) in [4.78, 5) is -0.791. The van der Waals surface area contributed by atoms with Gasteiger partial charge in [0.05, 0.1) is 4.90 Å². The molecule has 8 heteroatoms. The minimum Gasteiger partial charge on any atom is -0.483 e. The summed E-state index contributed by atoms with van der Waals surface area (Å²) in [7, 11) is -5.27. The standard InChI is InChI=1S/C8H6F3IO3S/c9-8(10,11)16(13,14)7-3-1-6(2-4-7)15-5-12/h1-4H,5H2. The molecule has 0 atom stereocenters. The van der Waals surface area contributed by atoms with E-state index in [9.17, 15) is 21.6 Å². The van der Waals surface area contributed by atoms with Crippen LogP contribution in [0.3, 0.4) is 0 Å². The van der Waals surface area contributed by atoms with Crippen LogP contribution < -0.4 is 4.74 Å². The third-order valence-corrected chi connectivity index (χ3v) is 3.47. The normalized spacial score (nSPS) is 12.5. The molecule has 0 saturated heterocycles. The van der Waals surface area contributed by atoms with Crippen molar-refractivity contribution >= 4 is 32.4 Å². The molecule has 0 radical (unpaired) electrons. The third kappa shape index (κ3) is 2.78. The maximum atomic E-state index is 12.1. The first-order valence-electron chi connectivity index (χ1n) is 3.89. The van der Waals surface area contributed by atoms with Crippen molar-refractivity contribution in [2.45, 2.75) is 10.4 Å². The predicted octanol–water partition coefficient (Wildman–Crippen LogP) is 2.75. The average Bonchev–Trinajstić information content (AvgIpc) is 2.17. The van der Waals surface area contributed by atoms with Gasteiger partial charge in [-0.1, -0.05) is 0 Å². The van der Waals surface area contributed by atoms with Gasteiger partial charge in [0.25, 0.3) is 9.84 Å². The van der Waals surface area contributed by atoms with Crippen molar-refractivity contribution < 1.29 is 26.3 Å². The van der Waals surface area contributed by atoms with Gasteiger partial charge in [0, 0.05) is 0 Å². The number of sulfone groups is 1. The van der Waals surface area contributed by atoms with Crippen molar-refractivity contribution in [3.05, 3.63) is 24.3 Å². The molecule has 90 valence electrons. The number of hydrogen-bond acceptors (Lipinski definition) is 3. The molecule has 0 fully saturated rings. The van der Waals surface area contributed by atoms with Gasteiger partial charge in [0.15, 0.2) is 0 Å². The Morgan fingerprint density at radius 1 is 1.19 bits per heavy atom. The lowest BCUT2D eigenvalue weighted by Gasteiger charge is -2.08. The van der Waals surface area contributed by atoms with Crippen LogP contribution in [-0.2, 0) is 9.84 Å². The molecule has 0 aliphatic heterocycles. The Hall–Kier alpha value is -0.510. The van der Waals surface area contributed by atoms with Gasteiger partial charge in [0.1, 0.15) is 10.4 Å². The molecule has 0 N–H and O–H groups in total. The van der Waals surface area contributed by atoms with Crippen molar-refractivity contribution in [2.75, 3.05) is 4.61 Å². The lowest BCUT2D eigenvalue weighted by Crippen LogP contribution is -2.23. The number of alkyl halides is 4. The Labute approximate surface area is 104 Å². The highest BCUT2D eigenvalue weighted by molar-refractivity contribution is 14.1. The average molecular weight is 366 g/mol. The van der Waals surface area contributed by atoms with E-state index in [4.69, 9.17) is 4.74 Å². The molecule has 0 aliphatic carbocycles. The second-order valence-corrected chi connectivity index (χ2v) is 5.24. The highest BCUT2D eigenvalue weighted by Gasteiger charge is 2.46. The first-order valence-corrected chi connectivity index (χ1v) is 6.90. The zero-order valence-electron chi connectivity index (χ0n) is 7.66. The van der Waals surface area contributed by atoms with Crippen LogP contribution in [0.15, 0.2) is 29.2 Å². The van der Waals surface area contributed by atoms with Gasteiger partial charge in [-0.15, -0.1) is 0 Å². The van der Waals surface area contributed by atoms with Crippen LogP contribution >= 0.6 is 22.6 Å². The minimum atomic E-state index is -5.28. The van der Waals surface area contributed by atoms with Crippen LogP contribution in [0.25, 0.3) is 0 Å². The van der Waals surface area contributed by atoms with E-state index >= 15 is 0 Å². The summed E-state index contributed by atoms with van der Waals surface area (Å²) in [6, 6.07) is 4.09. The largest absolute Gasteiger partial charge is 0.501 e. The quantitative estimate of drug-likeness (QED) is 0.611. The minimum absolute atomic E-state index is 0.315. The number of rotatable bonds is 3. The summed E-state index contributed by atoms with van der Waals surface area (Å²) in [5, 5.41) is 0. The van der Waals surface area contributed by atoms with E-state index in [0.29, 0.717) is 10.4 Å². The second kappa shape index (κ2) is 4.78. The molecular weight excluding hydrogens is 360 g/mol. The van der Waals surface area contributed by atoms with E-state index in [1.165, 1.54) is 12.1 Å². The Morgan fingerprint density at radius 3 is 2.06 bits per heavy atom. The summed E-state index contributed by atoms with van der Waals surface area (Å²) in [5.74, 6) is 0.315. The van der Waals surface area contributed by atoms with E-state index in [-0.39, 0.29) is 0 Å². The molecule has 0 aromatic heterocycles. The van der Waals surface area contributed by atoms with Gasteiger partial charge in [-0.2, -0.15) is 13.2 Å². The van der Waals surface area contributed by atoms with Crippen LogP contribution in [0, 0.1) is 0 Å². The van der Waals surface area contributed by atoms with E-state index in [1.54, 1.807) is 0 Å². The molecule has 1 rings (SSSR count). The van der Waals surface area contributed by atoms with Gasteiger partial charge >= 0.3 is 5.51 Å². The first kappa shape index (κ1) is 13.6. The summed E-state index contributed by atoms with van der Waals surface area (Å²) >= 11 is 1.91. The van der Waals surface area contributed by atoms with Crippen molar-refractivity contribution in [3.8, 4) is 5.75 Å². The van der Waals surface area contributed by atoms with Crippen molar-refractivity contribution in [3.63, 3.8) is 0 Å². The Kier molecular flexibility index (Phi) is 4.05. The van der Waals surface area contributed by atoms with Crippen molar-refractivity contribution in [1.82, 2.24) is 0 Å². The van der Waals surface area contributed by atoms with Crippen LogP contribution in [0.4, 0.5) is 13.2 Å². The van der Waals surface area contributed by atoms with Crippen LogP contribution in [0.1, 0.15) is 0 Å². The fraction of sp³-hybridized carbons (Fsp3) is 0.250. The fourth-order valence-corrected chi connectivity index (χ4v) is 2.03. The lowest BCUT2D eigenvalue weighted by molar-refractivity contribution is -0.0436. The van der Waals surface area contributed by atoms with Gasteiger partial charge in [-0.25, -0.2) is 8.42 Å². The Morgan fingerprint density at radius 2 is 1.69 bits per heavy atom. The van der Waals surface area contributed by atoms with Gasteiger partial charge < -0.3 is 4.74 Å². The highest BCUT2D eigenvalue weighted by atomic mass is 127. The molecule has 0 amide bonds. The van der Waals surface area contributed by atoms with Crippen molar-refractivity contribution in [2.24, 2.45) is 0 Å². The number of halogens is 4. The smallest absolute Gasteiger partial charge is 0.483 e. The third-order valence-electron chi connectivity index (χ3n) is 1.66. The molecule has 1 aromatic rings. The lowest BCUT2D eigenvalue weighted by atomic mass is 10.3. The van der Waals surface area contributed by atoms with Crippen LogP contribution in [0.5, 0.6) is 5.75 Å². The highest BCUT2D eigenvalue weighted by Crippen LogP contribution is 2.30. The number of benzene rings is 1. The maximum Gasteiger partial charge on any atom is 0.501 e. The van der Waals surface area contributed by atoms with E-state index < -0.39 is 20.2 Å². The molecule has 1 aromatic carbocycles. The van der Waals surface area contributed by atoms with Gasteiger partial charge in [0.2, 0.25) is 0 Å². The zero-order chi connectivity index (χ0) is 12.4. The van der Waals surface area contributed by atoms with Gasteiger partial charge in [-0.3, -0.25) is 0 Å². The maximum absolute atomic E-state index is 12.1. The molecule has 0 spiro atoms. The Bertz CT molecular complexity index is 452. The number of hydrogen-bond donors (Lipinski definition) is 0.